The van der Waals surface area contributed by atoms with Crippen molar-refractivity contribution in [3.8, 4) is 0 Å². The second kappa shape index (κ2) is 80.0. The topological polar surface area (TPSA) is 95.9 Å². The number of hydrogen-bond donors (Lipinski definition) is 3. The maximum absolute atomic E-state index is 12.6. The lowest BCUT2D eigenvalue weighted by Gasteiger charge is -2.20. The molecule has 0 radical (unpaired) electrons. The molecule has 0 aromatic rings. The van der Waals surface area contributed by atoms with Crippen LogP contribution in [0.2, 0.25) is 0 Å². The summed E-state index contributed by atoms with van der Waals surface area (Å²) in [7, 11) is 0. The summed E-state index contributed by atoms with van der Waals surface area (Å²) in [6, 6.07) is -0.626. The van der Waals surface area contributed by atoms with Crippen LogP contribution in [-0.2, 0) is 14.3 Å². The minimum absolute atomic E-state index is 0.0262. The number of hydrogen-bond acceptors (Lipinski definition) is 5. The maximum atomic E-state index is 12.6. The summed E-state index contributed by atoms with van der Waals surface area (Å²) in [5.41, 5.74) is 0. The summed E-state index contributed by atoms with van der Waals surface area (Å²) in [5, 5.41) is 23.3. The van der Waals surface area contributed by atoms with E-state index >= 15 is 0 Å². The first-order chi connectivity index (χ1) is 44.5. The molecule has 0 aliphatic rings. The molecule has 0 saturated heterocycles. The van der Waals surface area contributed by atoms with Crippen molar-refractivity contribution in [1.29, 1.82) is 0 Å². The number of nitrogens with one attached hydrogen (secondary N) is 1. The second-order valence-corrected chi connectivity index (χ2v) is 29.2. The van der Waals surface area contributed by atoms with Crippen molar-refractivity contribution in [3.05, 3.63) is 12.2 Å². The van der Waals surface area contributed by atoms with Gasteiger partial charge in [0.15, 0.2) is 0 Å². The molecule has 0 fully saturated rings. The fourth-order valence-electron chi connectivity index (χ4n) is 13.7. The first-order valence-corrected chi connectivity index (χ1v) is 42.0. The van der Waals surface area contributed by atoms with Gasteiger partial charge in [0, 0.05) is 12.8 Å². The number of unbranched alkanes of at least 4 members (excludes halogenated alkanes) is 69. The minimum atomic E-state index is -0.843. The normalized spacial score (nSPS) is 12.4. The third-order valence-electron chi connectivity index (χ3n) is 20.1. The fourth-order valence-corrected chi connectivity index (χ4v) is 13.7. The number of amides is 1. The van der Waals surface area contributed by atoms with E-state index in [4.69, 9.17) is 4.74 Å². The standard InChI is InChI=1S/C84H165NO5/c1-3-5-7-9-11-13-15-17-19-21-23-24-25-34-37-41-44-48-52-56-60-64-68-72-76-82(87)81(80-86)85-83(88)77-73-69-65-61-57-53-49-45-42-38-35-32-30-28-26-27-29-31-33-36-39-43-47-51-55-59-63-67-71-75-79-90-84(89)78-74-70-66-62-58-54-50-46-40-22-20-18-16-14-12-10-8-6-4-2/h72,76,81-82,86-87H,3-71,73-75,77-80H2,1-2H3,(H,85,88)/b76-72+. The van der Waals surface area contributed by atoms with Gasteiger partial charge in [0.05, 0.1) is 25.4 Å². The van der Waals surface area contributed by atoms with Crippen molar-refractivity contribution in [1.82, 2.24) is 5.32 Å². The maximum Gasteiger partial charge on any atom is 0.305 e. The van der Waals surface area contributed by atoms with Gasteiger partial charge < -0.3 is 20.3 Å². The average Bonchev–Trinajstić information content (AvgIpc) is 3.59. The molecule has 0 saturated carbocycles. The van der Waals surface area contributed by atoms with Gasteiger partial charge in [-0.25, -0.2) is 0 Å². The highest BCUT2D eigenvalue weighted by molar-refractivity contribution is 5.76. The zero-order valence-corrected chi connectivity index (χ0v) is 61.7. The van der Waals surface area contributed by atoms with Crippen molar-refractivity contribution in [2.45, 2.75) is 501 Å². The lowest BCUT2D eigenvalue weighted by Crippen LogP contribution is -2.45. The van der Waals surface area contributed by atoms with Crippen LogP contribution in [0.3, 0.4) is 0 Å². The van der Waals surface area contributed by atoms with E-state index in [1.54, 1.807) is 6.08 Å². The van der Waals surface area contributed by atoms with Crippen LogP contribution in [0.25, 0.3) is 0 Å². The molecule has 0 aliphatic heterocycles. The molecule has 0 aromatic carbocycles. The van der Waals surface area contributed by atoms with E-state index in [1.165, 1.54) is 424 Å². The van der Waals surface area contributed by atoms with Crippen molar-refractivity contribution < 1.29 is 24.5 Å². The average molecular weight is 1270 g/mol. The van der Waals surface area contributed by atoms with Crippen LogP contribution in [0, 0.1) is 0 Å². The quantitative estimate of drug-likeness (QED) is 0.0320. The lowest BCUT2D eigenvalue weighted by molar-refractivity contribution is -0.143. The van der Waals surface area contributed by atoms with Crippen molar-refractivity contribution in [2.24, 2.45) is 0 Å². The van der Waals surface area contributed by atoms with E-state index in [1.807, 2.05) is 6.08 Å². The van der Waals surface area contributed by atoms with Gasteiger partial charge >= 0.3 is 5.97 Å². The van der Waals surface area contributed by atoms with Crippen molar-refractivity contribution in [3.63, 3.8) is 0 Å². The predicted octanol–water partition coefficient (Wildman–Crippen LogP) is 27.8. The van der Waals surface area contributed by atoms with E-state index < -0.39 is 12.1 Å². The largest absolute Gasteiger partial charge is 0.466 e. The first-order valence-electron chi connectivity index (χ1n) is 42.0. The number of carbonyl (C=O) groups is 2. The molecule has 0 aliphatic carbocycles. The Labute approximate surface area is 565 Å². The lowest BCUT2D eigenvalue weighted by atomic mass is 10.0. The van der Waals surface area contributed by atoms with Crippen LogP contribution >= 0.6 is 0 Å². The van der Waals surface area contributed by atoms with Crippen LogP contribution in [-0.4, -0.2) is 47.4 Å². The molecule has 0 rings (SSSR count). The number of aliphatic hydroxyl groups is 2. The van der Waals surface area contributed by atoms with Gasteiger partial charge in [-0.05, 0) is 32.1 Å². The summed E-state index contributed by atoms with van der Waals surface area (Å²) in [6.07, 6.45) is 102. The molecule has 6 nitrogen and oxygen atoms in total. The van der Waals surface area contributed by atoms with Crippen molar-refractivity contribution in [2.75, 3.05) is 13.2 Å². The number of ether oxygens (including phenoxy) is 1. The molecule has 90 heavy (non-hydrogen) atoms. The number of esters is 1. The summed E-state index contributed by atoms with van der Waals surface area (Å²) in [6.45, 7) is 4.98. The van der Waals surface area contributed by atoms with Crippen molar-refractivity contribution >= 4 is 11.9 Å². The Hall–Kier alpha value is -1.40. The molecule has 536 valence electrons. The highest BCUT2D eigenvalue weighted by atomic mass is 16.5. The second-order valence-electron chi connectivity index (χ2n) is 29.2. The zero-order valence-electron chi connectivity index (χ0n) is 61.7. The van der Waals surface area contributed by atoms with E-state index in [9.17, 15) is 19.8 Å². The molecule has 3 N–H and O–H groups in total. The SMILES string of the molecule is CCCCCCCCCCCCCCCCCCCCCCCC/C=C/C(O)C(CO)NC(=O)CCCCCCCCCCCCCCCCCCCCCCCCCCCCCCCCOC(=O)CCCCCCCCCCCCCCCCCCCCC. The Morgan fingerprint density at radius 3 is 0.756 bits per heavy atom. The predicted molar refractivity (Wildman–Crippen MR) is 398 cm³/mol. The van der Waals surface area contributed by atoms with Gasteiger partial charge in [0.25, 0.3) is 0 Å². The Bertz CT molecular complexity index is 1370. The molecule has 6 heteroatoms. The Balaban J connectivity index is 3.34. The van der Waals surface area contributed by atoms with Gasteiger partial charge in [0.2, 0.25) is 5.91 Å². The van der Waals surface area contributed by atoms with E-state index in [0.29, 0.717) is 19.4 Å². The summed E-state index contributed by atoms with van der Waals surface area (Å²) in [5.74, 6) is -0.0318. The Kier molecular flexibility index (Phi) is 78.8. The summed E-state index contributed by atoms with van der Waals surface area (Å²) in [4.78, 5) is 24.7. The molecule has 0 bridgehead atoms. The van der Waals surface area contributed by atoms with Crippen LogP contribution in [0.5, 0.6) is 0 Å². The highest BCUT2D eigenvalue weighted by Gasteiger charge is 2.18. The summed E-state index contributed by atoms with van der Waals surface area (Å²) >= 11 is 0. The molecular weight excluding hydrogens is 1100 g/mol. The number of aliphatic hydroxyl groups excluding tert-OH is 2. The molecular formula is C84H165NO5. The van der Waals surface area contributed by atoms with Gasteiger partial charge in [-0.2, -0.15) is 0 Å². The molecule has 0 spiro atoms. The summed E-state index contributed by atoms with van der Waals surface area (Å²) < 4.78 is 5.53. The fraction of sp³-hybridized carbons (Fsp3) is 0.952. The number of carbonyl (C=O) groups excluding carboxylic acids is 2. The molecule has 0 heterocycles. The van der Waals surface area contributed by atoms with Crippen LogP contribution in [0.15, 0.2) is 12.2 Å². The molecule has 1 amide bonds. The molecule has 2 unspecified atom stereocenters. The monoisotopic (exact) mass is 1270 g/mol. The van der Waals surface area contributed by atoms with Gasteiger partial charge in [-0.15, -0.1) is 0 Å². The van der Waals surface area contributed by atoms with Gasteiger partial charge in [-0.1, -0.05) is 456 Å². The van der Waals surface area contributed by atoms with Gasteiger partial charge in [0.1, 0.15) is 0 Å². The Morgan fingerprint density at radius 1 is 0.300 bits per heavy atom. The minimum Gasteiger partial charge on any atom is -0.466 e. The highest BCUT2D eigenvalue weighted by Crippen LogP contribution is 2.21. The van der Waals surface area contributed by atoms with E-state index in [2.05, 4.69) is 19.2 Å². The molecule has 2 atom stereocenters. The van der Waals surface area contributed by atoms with Gasteiger partial charge in [-0.3, -0.25) is 9.59 Å². The van der Waals surface area contributed by atoms with Crippen LogP contribution in [0.4, 0.5) is 0 Å². The smallest absolute Gasteiger partial charge is 0.305 e. The number of allylic oxidation sites excluding steroid dienone is 1. The van der Waals surface area contributed by atoms with Crippen LogP contribution in [0.1, 0.15) is 489 Å². The molecule has 0 aromatic heterocycles. The third-order valence-corrected chi connectivity index (χ3v) is 20.1. The third kappa shape index (κ3) is 75.6. The van der Waals surface area contributed by atoms with E-state index in [-0.39, 0.29) is 18.5 Å². The van der Waals surface area contributed by atoms with Crippen LogP contribution < -0.4 is 5.32 Å². The Morgan fingerprint density at radius 2 is 0.511 bits per heavy atom. The zero-order chi connectivity index (χ0) is 64.9. The number of rotatable bonds is 80. The van der Waals surface area contributed by atoms with E-state index in [0.717, 1.165) is 38.5 Å². The first kappa shape index (κ1) is 88.6.